The number of anilines is 1. The fraction of sp³-hybridized carbons (Fsp3) is 0.400. The molecule has 3 rings (SSSR count). The normalized spacial score (nSPS) is 14.4. The summed E-state index contributed by atoms with van der Waals surface area (Å²) in [6.45, 7) is 2.77. The second kappa shape index (κ2) is 5.38. The third-order valence-corrected chi connectivity index (χ3v) is 4.37. The van der Waals surface area contributed by atoms with Gasteiger partial charge in [0.05, 0.1) is 21.2 Å². The lowest BCUT2D eigenvalue weighted by molar-refractivity contribution is 0.630. The molecule has 1 heterocycles. The van der Waals surface area contributed by atoms with Crippen LogP contribution in [0.2, 0.25) is 10.0 Å². The van der Waals surface area contributed by atoms with Crippen molar-refractivity contribution >= 4 is 39.8 Å². The van der Waals surface area contributed by atoms with Crippen molar-refractivity contribution in [2.24, 2.45) is 0 Å². The van der Waals surface area contributed by atoms with Crippen LogP contribution in [0, 0.1) is 5.82 Å². The Kier molecular flexibility index (Phi) is 3.74. The first-order valence-corrected chi connectivity index (χ1v) is 7.62. The highest BCUT2D eigenvalue weighted by Crippen LogP contribution is 2.40. The summed E-state index contributed by atoms with van der Waals surface area (Å²) >= 11 is 12.1. The largest absolute Gasteiger partial charge is 0.384 e. The maximum Gasteiger partial charge on any atom is 0.161 e. The molecular weight excluding hydrogens is 298 g/mol. The van der Waals surface area contributed by atoms with Crippen LogP contribution in [0.3, 0.4) is 0 Å². The van der Waals surface area contributed by atoms with E-state index in [1.54, 1.807) is 6.07 Å². The van der Waals surface area contributed by atoms with Gasteiger partial charge in [-0.1, -0.05) is 23.2 Å². The Morgan fingerprint density at radius 1 is 1.30 bits per heavy atom. The molecule has 0 saturated carbocycles. The summed E-state index contributed by atoms with van der Waals surface area (Å²) in [7, 11) is 0. The number of nitrogens with one attached hydrogen (secondary N) is 1. The molecule has 5 heteroatoms. The van der Waals surface area contributed by atoms with Gasteiger partial charge in [0.1, 0.15) is 0 Å². The molecule has 0 bridgehead atoms. The Morgan fingerprint density at radius 2 is 2.05 bits per heavy atom. The molecule has 0 fully saturated rings. The molecule has 0 amide bonds. The molecule has 2 nitrogen and oxygen atoms in total. The molecule has 0 radical (unpaired) electrons. The SMILES string of the molecule is CCNc1c2c(nc3cc(Cl)c(F)c(Cl)c13)CCCC2. The van der Waals surface area contributed by atoms with E-state index in [4.69, 9.17) is 23.2 Å². The summed E-state index contributed by atoms with van der Waals surface area (Å²) in [6, 6.07) is 1.56. The van der Waals surface area contributed by atoms with E-state index in [9.17, 15) is 4.39 Å². The van der Waals surface area contributed by atoms with Gasteiger partial charge in [-0.15, -0.1) is 0 Å². The fourth-order valence-corrected chi connectivity index (χ4v) is 3.40. The zero-order chi connectivity index (χ0) is 14.3. The first-order valence-electron chi connectivity index (χ1n) is 6.86. The summed E-state index contributed by atoms with van der Waals surface area (Å²) in [6.07, 6.45) is 4.18. The number of rotatable bonds is 2. The van der Waals surface area contributed by atoms with Crippen LogP contribution in [-0.4, -0.2) is 11.5 Å². The minimum Gasteiger partial charge on any atom is -0.384 e. The van der Waals surface area contributed by atoms with Crippen molar-refractivity contribution in [1.82, 2.24) is 4.98 Å². The summed E-state index contributed by atoms with van der Waals surface area (Å²) < 4.78 is 14.0. The first-order chi connectivity index (χ1) is 9.63. The van der Waals surface area contributed by atoms with E-state index in [1.807, 2.05) is 6.92 Å². The number of pyridine rings is 1. The molecule has 0 aliphatic heterocycles. The molecule has 0 unspecified atom stereocenters. The molecule has 1 aromatic heterocycles. The molecule has 20 heavy (non-hydrogen) atoms. The molecule has 2 aromatic rings. The fourth-order valence-electron chi connectivity index (χ4n) is 2.86. The number of fused-ring (bicyclic) bond motifs is 2. The molecule has 1 aliphatic carbocycles. The Bertz CT molecular complexity index is 686. The second-order valence-electron chi connectivity index (χ2n) is 5.03. The van der Waals surface area contributed by atoms with E-state index < -0.39 is 5.82 Å². The average molecular weight is 313 g/mol. The summed E-state index contributed by atoms with van der Waals surface area (Å²) in [5, 5.41) is 4.06. The van der Waals surface area contributed by atoms with Gasteiger partial charge in [0.15, 0.2) is 5.82 Å². The van der Waals surface area contributed by atoms with Crippen LogP contribution in [0.25, 0.3) is 10.9 Å². The lowest BCUT2D eigenvalue weighted by atomic mass is 9.92. The summed E-state index contributed by atoms with van der Waals surface area (Å²) in [4.78, 5) is 4.65. The predicted molar refractivity (Wildman–Crippen MR) is 82.5 cm³/mol. The predicted octanol–water partition coefficient (Wildman–Crippen LogP) is 4.99. The van der Waals surface area contributed by atoms with Crippen molar-refractivity contribution in [3.05, 3.63) is 33.2 Å². The first kappa shape index (κ1) is 13.9. The zero-order valence-corrected chi connectivity index (χ0v) is 12.7. The summed E-state index contributed by atoms with van der Waals surface area (Å²) in [5.74, 6) is -0.572. The van der Waals surface area contributed by atoms with Crippen LogP contribution in [-0.2, 0) is 12.8 Å². The van der Waals surface area contributed by atoms with Crippen molar-refractivity contribution in [1.29, 1.82) is 0 Å². The number of aromatic nitrogens is 1. The highest BCUT2D eigenvalue weighted by Gasteiger charge is 2.22. The highest BCUT2D eigenvalue weighted by molar-refractivity contribution is 6.39. The minimum absolute atomic E-state index is 0.0215. The number of hydrogen-bond acceptors (Lipinski definition) is 2. The molecule has 106 valence electrons. The van der Waals surface area contributed by atoms with Gasteiger partial charge in [0, 0.05) is 17.6 Å². The van der Waals surface area contributed by atoms with Gasteiger partial charge in [-0.3, -0.25) is 4.98 Å². The van der Waals surface area contributed by atoms with Gasteiger partial charge in [-0.05, 0) is 44.2 Å². The van der Waals surface area contributed by atoms with Crippen LogP contribution >= 0.6 is 23.2 Å². The molecule has 0 spiro atoms. The topological polar surface area (TPSA) is 24.9 Å². The highest BCUT2D eigenvalue weighted by atomic mass is 35.5. The van der Waals surface area contributed by atoms with Crippen LogP contribution < -0.4 is 5.32 Å². The number of benzene rings is 1. The molecule has 1 aliphatic rings. The van der Waals surface area contributed by atoms with Crippen LogP contribution in [0.1, 0.15) is 31.0 Å². The third-order valence-electron chi connectivity index (χ3n) is 3.74. The van der Waals surface area contributed by atoms with Crippen LogP contribution in [0.5, 0.6) is 0 Å². The Labute approximate surface area is 127 Å². The lowest BCUT2D eigenvalue weighted by Gasteiger charge is -2.22. The maximum atomic E-state index is 14.0. The van der Waals surface area contributed by atoms with E-state index in [2.05, 4.69) is 10.3 Å². The standard InChI is InChI=1S/C15H15Cl2FN2/c1-2-19-15-8-5-3-4-6-10(8)20-11-7-9(16)14(18)13(17)12(11)15/h7H,2-6H2,1H3,(H,19,20). The van der Waals surface area contributed by atoms with Gasteiger partial charge >= 0.3 is 0 Å². The quantitative estimate of drug-likeness (QED) is 0.790. The van der Waals surface area contributed by atoms with Gasteiger partial charge < -0.3 is 5.32 Å². The number of nitrogens with zero attached hydrogens (tertiary/aromatic N) is 1. The minimum atomic E-state index is -0.572. The van der Waals surface area contributed by atoms with Crippen molar-refractivity contribution in [3.8, 4) is 0 Å². The molecule has 0 saturated heterocycles. The van der Waals surface area contributed by atoms with Crippen molar-refractivity contribution < 1.29 is 4.39 Å². The number of hydrogen-bond donors (Lipinski definition) is 1. The monoisotopic (exact) mass is 312 g/mol. The van der Waals surface area contributed by atoms with Crippen LogP contribution in [0.4, 0.5) is 10.1 Å². The molecular formula is C15H15Cl2FN2. The number of halogens is 3. The van der Waals surface area contributed by atoms with E-state index in [1.165, 1.54) is 5.56 Å². The van der Waals surface area contributed by atoms with E-state index in [-0.39, 0.29) is 10.0 Å². The second-order valence-corrected chi connectivity index (χ2v) is 5.82. The van der Waals surface area contributed by atoms with E-state index >= 15 is 0 Å². The van der Waals surface area contributed by atoms with Gasteiger partial charge in [-0.2, -0.15) is 0 Å². The zero-order valence-electron chi connectivity index (χ0n) is 11.2. The Hall–Kier alpha value is -1.06. The smallest absolute Gasteiger partial charge is 0.161 e. The Balaban J connectivity index is 2.39. The maximum absolute atomic E-state index is 14.0. The lowest BCUT2D eigenvalue weighted by Crippen LogP contribution is -2.11. The van der Waals surface area contributed by atoms with Gasteiger partial charge in [-0.25, -0.2) is 4.39 Å². The Morgan fingerprint density at radius 3 is 2.80 bits per heavy atom. The molecule has 0 atom stereocenters. The number of aryl methyl sites for hydroxylation is 1. The average Bonchev–Trinajstić information content (AvgIpc) is 2.45. The van der Waals surface area contributed by atoms with E-state index in [0.29, 0.717) is 10.9 Å². The van der Waals surface area contributed by atoms with E-state index in [0.717, 1.165) is 43.6 Å². The molecule has 1 N–H and O–H groups in total. The van der Waals surface area contributed by atoms with Gasteiger partial charge in [0.2, 0.25) is 0 Å². The van der Waals surface area contributed by atoms with Crippen molar-refractivity contribution in [2.75, 3.05) is 11.9 Å². The third kappa shape index (κ3) is 2.13. The van der Waals surface area contributed by atoms with Gasteiger partial charge in [0.25, 0.3) is 0 Å². The van der Waals surface area contributed by atoms with Crippen molar-refractivity contribution in [2.45, 2.75) is 32.6 Å². The van der Waals surface area contributed by atoms with Crippen molar-refractivity contribution in [3.63, 3.8) is 0 Å². The van der Waals surface area contributed by atoms with Crippen LogP contribution in [0.15, 0.2) is 6.07 Å². The summed E-state index contributed by atoms with van der Waals surface area (Å²) in [5.41, 5.74) is 3.85. The molecule has 1 aromatic carbocycles.